The third-order valence-electron chi connectivity index (χ3n) is 1.21. The van der Waals surface area contributed by atoms with Crippen LogP contribution < -0.4 is 0 Å². The zero-order chi connectivity index (χ0) is 8.10. The second kappa shape index (κ2) is 4.08. The maximum absolute atomic E-state index is 10.9. The average Bonchev–Trinajstić information content (AvgIpc) is 2.30. The molecule has 0 N–H and O–H groups in total. The molecule has 0 saturated carbocycles. The van der Waals surface area contributed by atoms with Gasteiger partial charge in [-0.05, 0) is 10.8 Å². The number of hydrogen-bond acceptors (Lipinski definition) is 3. The Hall–Kier alpha value is -0.900. The van der Waals surface area contributed by atoms with E-state index in [1.807, 2.05) is 16.9 Å². The largest absolute Gasteiger partial charge is 0.452 e. The van der Waals surface area contributed by atoms with Crippen molar-refractivity contribution in [3.8, 4) is 0 Å². The van der Waals surface area contributed by atoms with Crippen LogP contribution in [0.5, 0.6) is 0 Å². The van der Waals surface area contributed by atoms with Gasteiger partial charge in [-0.3, -0.25) is 4.90 Å². The van der Waals surface area contributed by atoms with Crippen molar-refractivity contribution in [2.75, 3.05) is 13.7 Å². The molecule has 0 aromatic heterocycles. The molecule has 0 aromatic rings. The summed E-state index contributed by atoms with van der Waals surface area (Å²) in [4.78, 5) is 12.4. The number of carbonyl (C=O) groups is 1. The van der Waals surface area contributed by atoms with Gasteiger partial charge in [-0.1, -0.05) is 6.08 Å². The fraction of sp³-hybridized carbons (Fsp3) is 0.286. The Morgan fingerprint density at radius 2 is 2.45 bits per heavy atom. The maximum Gasteiger partial charge on any atom is 0.413 e. The highest BCUT2D eigenvalue weighted by molar-refractivity contribution is 8.04. The molecule has 0 aromatic carbocycles. The third-order valence-corrected chi connectivity index (χ3v) is 1.83. The minimum absolute atomic E-state index is 0.326. The molecule has 0 atom stereocenters. The molecule has 3 nitrogen and oxygen atoms in total. The molecule has 1 aliphatic heterocycles. The van der Waals surface area contributed by atoms with Crippen LogP contribution in [0.25, 0.3) is 0 Å². The summed E-state index contributed by atoms with van der Waals surface area (Å²) >= 11 is 1.54. The molecular formula is C7H9NO2S. The Morgan fingerprint density at radius 3 is 3.18 bits per heavy atom. The summed E-state index contributed by atoms with van der Waals surface area (Å²) in [6.45, 7) is 0.580. The number of ether oxygens (including phenoxy) is 1. The van der Waals surface area contributed by atoms with Crippen LogP contribution >= 0.6 is 11.8 Å². The fourth-order valence-corrected chi connectivity index (χ4v) is 1.18. The van der Waals surface area contributed by atoms with E-state index in [-0.39, 0.29) is 6.09 Å². The molecule has 0 radical (unpaired) electrons. The lowest BCUT2D eigenvalue weighted by molar-refractivity contribution is 0.143. The molecule has 11 heavy (non-hydrogen) atoms. The number of hydrogen-bond donors (Lipinski definition) is 0. The van der Waals surface area contributed by atoms with Gasteiger partial charge < -0.3 is 4.74 Å². The summed E-state index contributed by atoms with van der Waals surface area (Å²) in [7, 11) is 1.37. The fourth-order valence-electron chi connectivity index (χ4n) is 0.680. The molecule has 1 amide bonds. The number of amides is 1. The van der Waals surface area contributed by atoms with Crippen molar-refractivity contribution in [3.05, 3.63) is 23.1 Å². The van der Waals surface area contributed by atoms with Gasteiger partial charge in [0.15, 0.2) is 0 Å². The minimum Gasteiger partial charge on any atom is -0.452 e. The number of carbonyl (C=O) groups excluding carboxylic acids is 1. The van der Waals surface area contributed by atoms with E-state index in [0.717, 1.165) is 0 Å². The lowest BCUT2D eigenvalue weighted by Crippen LogP contribution is -2.24. The maximum atomic E-state index is 10.9. The Balaban J connectivity index is 2.56. The van der Waals surface area contributed by atoms with Gasteiger partial charge in [0.05, 0.1) is 7.11 Å². The third kappa shape index (κ3) is 2.31. The Morgan fingerprint density at radius 1 is 1.64 bits per heavy atom. The van der Waals surface area contributed by atoms with Crippen LogP contribution in [0.1, 0.15) is 0 Å². The van der Waals surface area contributed by atoms with E-state index in [1.165, 1.54) is 23.8 Å². The van der Waals surface area contributed by atoms with Crippen molar-refractivity contribution >= 4 is 17.9 Å². The van der Waals surface area contributed by atoms with E-state index in [9.17, 15) is 4.79 Å². The van der Waals surface area contributed by atoms with Crippen LogP contribution in [0.15, 0.2) is 23.1 Å². The van der Waals surface area contributed by atoms with Crippen LogP contribution in [0, 0.1) is 0 Å². The Bertz CT molecular complexity index is 201. The topological polar surface area (TPSA) is 29.5 Å². The summed E-state index contributed by atoms with van der Waals surface area (Å²) in [6, 6.07) is 0. The zero-order valence-electron chi connectivity index (χ0n) is 6.19. The Kier molecular flexibility index (Phi) is 3.04. The van der Waals surface area contributed by atoms with Gasteiger partial charge in [0.2, 0.25) is 0 Å². The van der Waals surface area contributed by atoms with Gasteiger partial charge in [0.25, 0.3) is 0 Å². The molecule has 0 fully saturated rings. The minimum atomic E-state index is -0.326. The average molecular weight is 171 g/mol. The second-order valence-corrected chi connectivity index (χ2v) is 2.73. The monoisotopic (exact) mass is 171 g/mol. The first-order valence-corrected chi connectivity index (χ1v) is 4.10. The van der Waals surface area contributed by atoms with E-state index in [0.29, 0.717) is 6.54 Å². The predicted molar refractivity (Wildman–Crippen MR) is 45.0 cm³/mol. The van der Waals surface area contributed by atoms with Crippen LogP contribution in [-0.2, 0) is 4.74 Å². The quantitative estimate of drug-likeness (QED) is 0.556. The lowest BCUT2D eigenvalue weighted by Gasteiger charge is -2.12. The van der Waals surface area contributed by atoms with Crippen molar-refractivity contribution in [1.82, 2.24) is 4.90 Å². The van der Waals surface area contributed by atoms with Crippen molar-refractivity contribution in [2.45, 2.75) is 0 Å². The SMILES string of the molecule is COC(=O)N1C=CSC=CC1. The predicted octanol–water partition coefficient (Wildman–Crippen LogP) is 1.79. The zero-order valence-corrected chi connectivity index (χ0v) is 7.00. The van der Waals surface area contributed by atoms with Crippen molar-refractivity contribution in [1.29, 1.82) is 0 Å². The van der Waals surface area contributed by atoms with Crippen molar-refractivity contribution in [3.63, 3.8) is 0 Å². The summed E-state index contributed by atoms with van der Waals surface area (Å²) < 4.78 is 4.54. The number of methoxy groups -OCH3 is 1. The summed E-state index contributed by atoms with van der Waals surface area (Å²) in [5, 5.41) is 3.76. The van der Waals surface area contributed by atoms with Crippen LogP contribution in [-0.4, -0.2) is 24.6 Å². The standard InChI is InChI=1S/C7H9NO2S/c1-10-7(9)8-3-2-5-11-6-4-8/h2,4-6H,3H2,1H3. The second-order valence-electron chi connectivity index (χ2n) is 1.92. The molecule has 0 aliphatic carbocycles. The van der Waals surface area contributed by atoms with Gasteiger partial charge >= 0.3 is 6.09 Å². The van der Waals surface area contributed by atoms with Crippen LogP contribution in [0.2, 0.25) is 0 Å². The molecule has 1 aliphatic rings. The first-order valence-electron chi connectivity index (χ1n) is 3.16. The van der Waals surface area contributed by atoms with E-state index < -0.39 is 0 Å². The highest BCUT2D eigenvalue weighted by Crippen LogP contribution is 2.10. The molecule has 1 heterocycles. The van der Waals surface area contributed by atoms with Crippen LogP contribution in [0.3, 0.4) is 0 Å². The number of thioether (sulfide) groups is 1. The highest BCUT2D eigenvalue weighted by atomic mass is 32.2. The van der Waals surface area contributed by atoms with Gasteiger partial charge in [-0.15, -0.1) is 11.8 Å². The molecule has 60 valence electrons. The van der Waals surface area contributed by atoms with Gasteiger partial charge in [-0.2, -0.15) is 0 Å². The van der Waals surface area contributed by atoms with Gasteiger partial charge in [-0.25, -0.2) is 4.79 Å². The van der Waals surface area contributed by atoms with Crippen molar-refractivity contribution in [2.24, 2.45) is 0 Å². The number of nitrogens with zero attached hydrogens (tertiary/aromatic N) is 1. The van der Waals surface area contributed by atoms with E-state index in [2.05, 4.69) is 4.74 Å². The summed E-state index contributed by atoms with van der Waals surface area (Å²) in [5.74, 6) is 0. The first-order chi connectivity index (χ1) is 5.34. The molecule has 0 bridgehead atoms. The lowest BCUT2D eigenvalue weighted by atomic mass is 10.5. The van der Waals surface area contributed by atoms with Gasteiger partial charge in [0, 0.05) is 12.7 Å². The smallest absolute Gasteiger partial charge is 0.413 e. The van der Waals surface area contributed by atoms with E-state index in [4.69, 9.17) is 0 Å². The Labute approximate surface area is 69.7 Å². The van der Waals surface area contributed by atoms with E-state index >= 15 is 0 Å². The molecule has 0 unspecified atom stereocenters. The summed E-state index contributed by atoms with van der Waals surface area (Å²) in [6.07, 6.45) is 3.28. The molecular weight excluding hydrogens is 162 g/mol. The van der Waals surface area contributed by atoms with Crippen LogP contribution in [0.4, 0.5) is 4.79 Å². The summed E-state index contributed by atoms with van der Waals surface area (Å²) in [5.41, 5.74) is 0. The molecule has 0 saturated heterocycles. The van der Waals surface area contributed by atoms with Crippen molar-refractivity contribution < 1.29 is 9.53 Å². The molecule has 4 heteroatoms. The normalized spacial score (nSPS) is 16.3. The number of rotatable bonds is 0. The van der Waals surface area contributed by atoms with E-state index in [1.54, 1.807) is 6.20 Å². The van der Waals surface area contributed by atoms with Gasteiger partial charge in [0.1, 0.15) is 0 Å². The highest BCUT2D eigenvalue weighted by Gasteiger charge is 2.08. The first kappa shape index (κ1) is 8.20. The molecule has 1 rings (SSSR count). The molecule has 0 spiro atoms.